The molecular weight excluding hydrogens is 400 g/mol. The van der Waals surface area contributed by atoms with Gasteiger partial charge in [-0.25, -0.2) is 9.78 Å². The summed E-state index contributed by atoms with van der Waals surface area (Å²) in [6.07, 6.45) is 3.82. The molecule has 31 heavy (non-hydrogen) atoms. The largest absolute Gasteiger partial charge is 0.471 e. The average Bonchev–Trinajstić information content (AvgIpc) is 3.54. The molecule has 0 aliphatic carbocycles. The Hall–Kier alpha value is -3.88. The molecule has 0 unspecified atom stereocenters. The van der Waals surface area contributed by atoms with E-state index in [2.05, 4.69) is 10.1 Å². The van der Waals surface area contributed by atoms with Gasteiger partial charge in [-0.2, -0.15) is 0 Å². The summed E-state index contributed by atoms with van der Waals surface area (Å²) in [6, 6.07) is 13.0. The second-order valence-corrected chi connectivity index (χ2v) is 7.37. The SMILES string of the molecule is O=C1O[C@@H](COc2ccon2)CN1c1ccc(-c2ccc(N3CCCC3=O)nc2)cc1. The van der Waals surface area contributed by atoms with E-state index in [1.165, 1.54) is 6.26 Å². The van der Waals surface area contributed by atoms with Crippen molar-refractivity contribution in [1.82, 2.24) is 10.1 Å². The van der Waals surface area contributed by atoms with E-state index in [1.807, 2.05) is 36.4 Å². The van der Waals surface area contributed by atoms with Gasteiger partial charge in [0.1, 0.15) is 18.7 Å². The number of carbonyl (C=O) groups is 2. The molecule has 0 N–H and O–H groups in total. The van der Waals surface area contributed by atoms with E-state index >= 15 is 0 Å². The van der Waals surface area contributed by atoms with Crippen LogP contribution in [0, 0.1) is 0 Å². The summed E-state index contributed by atoms with van der Waals surface area (Å²) in [7, 11) is 0. The topological polar surface area (TPSA) is 98.0 Å². The van der Waals surface area contributed by atoms with Gasteiger partial charge in [0.15, 0.2) is 6.10 Å². The van der Waals surface area contributed by atoms with Crippen LogP contribution in [0.25, 0.3) is 11.1 Å². The first-order valence-electron chi connectivity index (χ1n) is 10.1. The Balaban J connectivity index is 1.23. The average molecular weight is 420 g/mol. The molecule has 2 amide bonds. The second-order valence-electron chi connectivity index (χ2n) is 7.37. The van der Waals surface area contributed by atoms with Crippen LogP contribution in [-0.4, -0.2) is 47.9 Å². The van der Waals surface area contributed by atoms with Crippen molar-refractivity contribution in [3.05, 3.63) is 54.9 Å². The number of cyclic esters (lactones) is 1. The van der Waals surface area contributed by atoms with E-state index in [0.29, 0.717) is 24.7 Å². The smallest absolute Gasteiger partial charge is 0.414 e. The normalized spacial score (nSPS) is 18.5. The van der Waals surface area contributed by atoms with Crippen LogP contribution in [0.3, 0.4) is 0 Å². The molecule has 2 aliphatic heterocycles. The first kappa shape index (κ1) is 19.1. The van der Waals surface area contributed by atoms with E-state index in [-0.39, 0.29) is 12.5 Å². The van der Waals surface area contributed by atoms with Crippen molar-refractivity contribution in [2.75, 3.05) is 29.5 Å². The Morgan fingerprint density at radius 3 is 2.55 bits per heavy atom. The minimum atomic E-state index is -0.414. The third kappa shape index (κ3) is 3.94. The summed E-state index contributed by atoms with van der Waals surface area (Å²) in [5.41, 5.74) is 2.64. The molecule has 9 heteroatoms. The van der Waals surface area contributed by atoms with Gasteiger partial charge in [0.05, 0.1) is 6.54 Å². The molecule has 2 fully saturated rings. The lowest BCUT2D eigenvalue weighted by Gasteiger charge is -2.15. The molecule has 1 atom stereocenters. The molecule has 2 saturated heterocycles. The maximum Gasteiger partial charge on any atom is 0.414 e. The maximum absolute atomic E-state index is 12.3. The van der Waals surface area contributed by atoms with Gasteiger partial charge >= 0.3 is 6.09 Å². The maximum atomic E-state index is 12.3. The number of nitrogens with zero attached hydrogens (tertiary/aromatic N) is 4. The van der Waals surface area contributed by atoms with Crippen molar-refractivity contribution in [1.29, 1.82) is 0 Å². The summed E-state index contributed by atoms with van der Waals surface area (Å²) in [5, 5.41) is 3.67. The number of hydrogen-bond donors (Lipinski definition) is 0. The third-order valence-electron chi connectivity index (χ3n) is 5.32. The van der Waals surface area contributed by atoms with Crippen molar-refractivity contribution in [2.45, 2.75) is 18.9 Å². The van der Waals surface area contributed by atoms with Crippen LogP contribution >= 0.6 is 0 Å². The number of hydrogen-bond acceptors (Lipinski definition) is 7. The van der Waals surface area contributed by atoms with E-state index in [4.69, 9.17) is 14.0 Å². The zero-order valence-electron chi connectivity index (χ0n) is 16.6. The number of rotatable bonds is 6. The molecule has 5 rings (SSSR count). The standard InChI is InChI=1S/C22H20N4O5/c27-21-2-1-10-25(21)19-8-5-16(12-23-19)15-3-6-17(7-4-15)26-13-18(31-22(26)28)14-29-20-9-11-30-24-20/h3-9,11-12,18H,1-2,10,13-14H2/t18-/m1/s1. The predicted molar refractivity (Wildman–Crippen MR) is 111 cm³/mol. The van der Waals surface area contributed by atoms with Crippen LogP contribution in [0.4, 0.5) is 16.3 Å². The van der Waals surface area contributed by atoms with Crippen LogP contribution in [0.1, 0.15) is 12.8 Å². The molecule has 1 aromatic carbocycles. The highest BCUT2D eigenvalue weighted by atomic mass is 16.6. The van der Waals surface area contributed by atoms with Crippen molar-refractivity contribution in [3.8, 4) is 17.0 Å². The van der Waals surface area contributed by atoms with Gasteiger partial charge < -0.3 is 14.0 Å². The lowest BCUT2D eigenvalue weighted by atomic mass is 10.1. The number of aromatic nitrogens is 2. The highest BCUT2D eigenvalue weighted by Crippen LogP contribution is 2.27. The molecule has 0 bridgehead atoms. The fraction of sp³-hybridized carbons (Fsp3) is 0.273. The Morgan fingerprint density at radius 1 is 1.03 bits per heavy atom. The minimum Gasteiger partial charge on any atom is -0.471 e. The van der Waals surface area contributed by atoms with Gasteiger partial charge in [-0.1, -0.05) is 12.1 Å². The zero-order valence-corrected chi connectivity index (χ0v) is 16.6. The van der Waals surface area contributed by atoms with Crippen molar-refractivity contribution in [2.24, 2.45) is 0 Å². The van der Waals surface area contributed by atoms with E-state index in [0.717, 1.165) is 29.8 Å². The molecule has 3 aromatic rings. The Labute approximate surface area is 178 Å². The minimum absolute atomic E-state index is 0.117. The van der Waals surface area contributed by atoms with Crippen LogP contribution < -0.4 is 14.5 Å². The summed E-state index contributed by atoms with van der Waals surface area (Å²) in [6.45, 7) is 1.30. The van der Waals surface area contributed by atoms with E-state index in [1.54, 1.807) is 22.1 Å². The summed E-state index contributed by atoms with van der Waals surface area (Å²) in [4.78, 5) is 31.9. The highest BCUT2D eigenvalue weighted by Gasteiger charge is 2.33. The predicted octanol–water partition coefficient (Wildman–Crippen LogP) is 3.27. The number of anilines is 2. The van der Waals surface area contributed by atoms with Crippen molar-refractivity contribution >= 4 is 23.5 Å². The van der Waals surface area contributed by atoms with Crippen LogP contribution in [0.15, 0.2) is 59.4 Å². The molecule has 2 aromatic heterocycles. The highest BCUT2D eigenvalue weighted by molar-refractivity contribution is 5.94. The summed E-state index contributed by atoms with van der Waals surface area (Å²) in [5.74, 6) is 1.15. The fourth-order valence-electron chi connectivity index (χ4n) is 3.71. The fourth-order valence-corrected chi connectivity index (χ4v) is 3.71. The quantitative estimate of drug-likeness (QED) is 0.604. The molecule has 0 saturated carbocycles. The third-order valence-corrected chi connectivity index (χ3v) is 5.32. The molecule has 2 aliphatic rings. The molecule has 0 spiro atoms. The van der Waals surface area contributed by atoms with Gasteiger partial charge in [-0.15, -0.1) is 0 Å². The number of carbonyl (C=O) groups excluding carboxylic acids is 2. The molecule has 9 nitrogen and oxygen atoms in total. The lowest BCUT2D eigenvalue weighted by Crippen LogP contribution is -2.26. The van der Waals surface area contributed by atoms with Gasteiger partial charge in [0.2, 0.25) is 5.91 Å². The lowest BCUT2D eigenvalue weighted by molar-refractivity contribution is -0.117. The molecule has 158 valence electrons. The van der Waals surface area contributed by atoms with E-state index < -0.39 is 12.2 Å². The monoisotopic (exact) mass is 420 g/mol. The Kier molecular flexibility index (Phi) is 4.99. The van der Waals surface area contributed by atoms with Crippen LogP contribution in [0.5, 0.6) is 5.88 Å². The number of amides is 2. The van der Waals surface area contributed by atoms with Crippen LogP contribution in [0.2, 0.25) is 0 Å². The van der Waals surface area contributed by atoms with Gasteiger partial charge in [-0.05, 0) is 41.4 Å². The van der Waals surface area contributed by atoms with Crippen LogP contribution in [-0.2, 0) is 9.53 Å². The first-order chi connectivity index (χ1) is 15.2. The number of pyridine rings is 1. The zero-order chi connectivity index (χ0) is 21.2. The second kappa shape index (κ2) is 8.10. The van der Waals surface area contributed by atoms with Crippen molar-refractivity contribution < 1.29 is 23.6 Å². The van der Waals surface area contributed by atoms with E-state index in [9.17, 15) is 9.59 Å². The van der Waals surface area contributed by atoms with Gasteiger partial charge in [-0.3, -0.25) is 14.6 Å². The van der Waals surface area contributed by atoms with Crippen molar-refractivity contribution in [3.63, 3.8) is 0 Å². The van der Waals surface area contributed by atoms with Gasteiger partial charge in [0, 0.05) is 36.5 Å². The summed E-state index contributed by atoms with van der Waals surface area (Å²) < 4.78 is 15.5. The molecular formula is C22H20N4O5. The van der Waals surface area contributed by atoms with Gasteiger partial charge in [0.25, 0.3) is 5.88 Å². The Bertz CT molecular complexity index is 1070. The number of ether oxygens (including phenoxy) is 2. The Morgan fingerprint density at radius 2 is 1.87 bits per heavy atom. The molecule has 0 radical (unpaired) electrons. The first-order valence-corrected chi connectivity index (χ1v) is 10.1. The number of benzene rings is 1. The summed E-state index contributed by atoms with van der Waals surface area (Å²) >= 11 is 0. The molecule has 4 heterocycles.